The highest BCUT2D eigenvalue weighted by molar-refractivity contribution is 5.94. The molecule has 2 N–H and O–H groups in total. The topological polar surface area (TPSA) is 77.3 Å². The van der Waals surface area contributed by atoms with Gasteiger partial charge in [-0.05, 0) is 51.0 Å². The fourth-order valence-corrected chi connectivity index (χ4v) is 4.99. The van der Waals surface area contributed by atoms with E-state index in [1.807, 2.05) is 17.2 Å². The van der Waals surface area contributed by atoms with E-state index in [1.54, 1.807) is 6.92 Å². The SMILES string of the molecule is CC(=N)NC(=O)N1CC2CC(N3CCC(n4cccn4)CC3)CC1C2. The fraction of sp³-hybridized carbons (Fsp3) is 0.722. The summed E-state index contributed by atoms with van der Waals surface area (Å²) in [6.07, 6.45) is 9.66. The number of urea groups is 1. The summed E-state index contributed by atoms with van der Waals surface area (Å²) in [7, 11) is 0. The summed E-state index contributed by atoms with van der Waals surface area (Å²) in [6, 6.07) is 3.39. The second kappa shape index (κ2) is 6.78. The Bertz CT molecular complexity index is 622. The Morgan fingerprint density at radius 1 is 1.16 bits per heavy atom. The molecule has 0 radical (unpaired) electrons. The largest absolute Gasteiger partial charge is 0.322 e. The number of amides is 2. The van der Waals surface area contributed by atoms with Crippen LogP contribution in [0.3, 0.4) is 0 Å². The highest BCUT2D eigenvalue weighted by Crippen LogP contribution is 2.39. The number of hydrogen-bond acceptors (Lipinski definition) is 4. The lowest BCUT2D eigenvalue weighted by Gasteiger charge is -2.41. The van der Waals surface area contributed by atoms with E-state index >= 15 is 0 Å². The maximum atomic E-state index is 12.3. The molecule has 1 saturated carbocycles. The molecule has 0 spiro atoms. The number of fused-ring (bicyclic) bond motifs is 2. The van der Waals surface area contributed by atoms with Crippen LogP contribution < -0.4 is 5.32 Å². The van der Waals surface area contributed by atoms with Crippen LogP contribution in [0, 0.1) is 11.3 Å². The van der Waals surface area contributed by atoms with Crippen molar-refractivity contribution >= 4 is 11.9 Å². The lowest BCUT2D eigenvalue weighted by atomic mass is 9.84. The molecule has 2 saturated heterocycles. The standard InChI is InChI=1S/C18H28N6O/c1-13(19)21-18(25)23-12-14-9-16(11-17(23)10-14)22-7-3-15(4-8-22)24-6-2-5-20-24/h2,5-6,14-17H,3-4,7-12H2,1H3,(H2,19,21,25). The fourth-order valence-electron chi connectivity index (χ4n) is 4.99. The molecule has 136 valence electrons. The van der Waals surface area contributed by atoms with Gasteiger partial charge in [-0.15, -0.1) is 0 Å². The molecule has 1 aromatic heterocycles. The lowest BCUT2D eigenvalue weighted by Crippen LogP contribution is -2.48. The van der Waals surface area contributed by atoms with Crippen molar-refractivity contribution in [3.8, 4) is 0 Å². The summed E-state index contributed by atoms with van der Waals surface area (Å²) in [5.41, 5.74) is 0. The zero-order chi connectivity index (χ0) is 17.4. The number of nitrogens with zero attached hydrogens (tertiary/aromatic N) is 4. The first kappa shape index (κ1) is 16.6. The second-order valence-corrected chi connectivity index (χ2v) is 7.84. The van der Waals surface area contributed by atoms with Gasteiger partial charge in [0.25, 0.3) is 0 Å². The Kier molecular flexibility index (Phi) is 4.50. The minimum Gasteiger partial charge on any atom is -0.321 e. The predicted octanol–water partition coefficient (Wildman–Crippen LogP) is 2.08. The molecule has 0 aromatic carbocycles. The van der Waals surface area contributed by atoms with Crippen molar-refractivity contribution in [1.82, 2.24) is 24.9 Å². The van der Waals surface area contributed by atoms with E-state index in [1.165, 1.54) is 6.42 Å². The third-order valence-electron chi connectivity index (χ3n) is 6.12. The molecule has 1 aromatic rings. The molecule has 2 aliphatic heterocycles. The van der Waals surface area contributed by atoms with Gasteiger partial charge in [-0.1, -0.05) is 0 Å². The van der Waals surface area contributed by atoms with Gasteiger partial charge in [-0.25, -0.2) is 4.79 Å². The van der Waals surface area contributed by atoms with Crippen molar-refractivity contribution in [2.24, 2.45) is 5.92 Å². The number of likely N-dealkylation sites (tertiary alicyclic amines) is 2. The van der Waals surface area contributed by atoms with Crippen LogP contribution in [0.5, 0.6) is 0 Å². The van der Waals surface area contributed by atoms with Crippen LogP contribution in [0.25, 0.3) is 0 Å². The number of piperidine rings is 1. The molecule has 2 bridgehead atoms. The number of hydrogen-bond donors (Lipinski definition) is 2. The van der Waals surface area contributed by atoms with Gasteiger partial charge in [0.1, 0.15) is 0 Å². The monoisotopic (exact) mass is 344 g/mol. The number of aromatic nitrogens is 2. The number of nitrogens with one attached hydrogen (secondary N) is 2. The van der Waals surface area contributed by atoms with Crippen LogP contribution in [-0.2, 0) is 0 Å². The van der Waals surface area contributed by atoms with Crippen molar-refractivity contribution in [2.45, 2.75) is 57.2 Å². The number of rotatable bonds is 2. The van der Waals surface area contributed by atoms with Crippen molar-refractivity contribution in [3.05, 3.63) is 18.5 Å². The van der Waals surface area contributed by atoms with Gasteiger partial charge in [0.15, 0.2) is 0 Å². The summed E-state index contributed by atoms with van der Waals surface area (Å²) in [6.45, 7) is 4.72. The van der Waals surface area contributed by atoms with Gasteiger partial charge in [-0.3, -0.25) is 15.4 Å². The zero-order valence-electron chi connectivity index (χ0n) is 14.9. The first-order chi connectivity index (χ1) is 12.1. The zero-order valence-corrected chi connectivity index (χ0v) is 14.9. The summed E-state index contributed by atoms with van der Waals surface area (Å²) < 4.78 is 2.10. The molecule has 3 heterocycles. The van der Waals surface area contributed by atoms with Gasteiger partial charge in [0, 0.05) is 44.1 Å². The molecule has 3 atom stereocenters. The van der Waals surface area contributed by atoms with E-state index in [2.05, 4.69) is 26.2 Å². The molecule has 7 nitrogen and oxygen atoms in total. The molecule has 4 rings (SSSR count). The lowest BCUT2D eigenvalue weighted by molar-refractivity contribution is 0.0898. The van der Waals surface area contributed by atoms with Crippen molar-refractivity contribution in [3.63, 3.8) is 0 Å². The Labute approximate surface area is 148 Å². The number of carbonyl (C=O) groups excluding carboxylic acids is 1. The van der Waals surface area contributed by atoms with Crippen LogP contribution >= 0.6 is 0 Å². The molecule has 7 heteroatoms. The molecular weight excluding hydrogens is 316 g/mol. The Hall–Kier alpha value is -1.89. The van der Waals surface area contributed by atoms with E-state index in [4.69, 9.17) is 5.41 Å². The Morgan fingerprint density at radius 2 is 1.92 bits per heavy atom. The third kappa shape index (κ3) is 3.42. The average Bonchev–Trinajstić information content (AvgIpc) is 3.22. The van der Waals surface area contributed by atoms with Gasteiger partial charge in [0.2, 0.25) is 0 Å². The molecule has 2 amide bonds. The van der Waals surface area contributed by atoms with Gasteiger partial charge in [-0.2, -0.15) is 5.10 Å². The first-order valence-corrected chi connectivity index (χ1v) is 9.46. The third-order valence-corrected chi connectivity index (χ3v) is 6.12. The minimum absolute atomic E-state index is 0.0851. The van der Waals surface area contributed by atoms with Gasteiger partial charge < -0.3 is 9.80 Å². The van der Waals surface area contributed by atoms with Crippen molar-refractivity contribution < 1.29 is 4.79 Å². The molecule has 3 unspecified atom stereocenters. The molecule has 25 heavy (non-hydrogen) atoms. The first-order valence-electron chi connectivity index (χ1n) is 9.46. The van der Waals surface area contributed by atoms with Crippen LogP contribution in [0.2, 0.25) is 0 Å². The van der Waals surface area contributed by atoms with Gasteiger partial charge in [0.05, 0.1) is 11.9 Å². The van der Waals surface area contributed by atoms with E-state index in [0.29, 0.717) is 24.0 Å². The average molecular weight is 344 g/mol. The van der Waals surface area contributed by atoms with Crippen LogP contribution in [0.4, 0.5) is 4.79 Å². The minimum atomic E-state index is -0.0851. The van der Waals surface area contributed by atoms with Crippen molar-refractivity contribution in [2.75, 3.05) is 19.6 Å². The van der Waals surface area contributed by atoms with Crippen LogP contribution in [-0.4, -0.2) is 63.2 Å². The maximum Gasteiger partial charge on any atom is 0.322 e. The maximum absolute atomic E-state index is 12.3. The molecule has 3 aliphatic rings. The predicted molar refractivity (Wildman–Crippen MR) is 95.6 cm³/mol. The van der Waals surface area contributed by atoms with E-state index < -0.39 is 0 Å². The quantitative estimate of drug-likeness (QED) is 0.637. The summed E-state index contributed by atoms with van der Waals surface area (Å²) >= 11 is 0. The van der Waals surface area contributed by atoms with Crippen LogP contribution in [0.15, 0.2) is 18.5 Å². The van der Waals surface area contributed by atoms with Gasteiger partial charge >= 0.3 is 6.03 Å². The number of carbonyl (C=O) groups is 1. The summed E-state index contributed by atoms with van der Waals surface area (Å²) in [5.74, 6) is 0.841. The Morgan fingerprint density at radius 3 is 2.60 bits per heavy atom. The van der Waals surface area contributed by atoms with Crippen molar-refractivity contribution in [1.29, 1.82) is 5.41 Å². The number of amidine groups is 1. The summed E-state index contributed by atoms with van der Waals surface area (Å²) in [4.78, 5) is 16.9. The molecule has 1 aliphatic carbocycles. The normalized spacial score (nSPS) is 30.4. The van der Waals surface area contributed by atoms with Crippen LogP contribution in [0.1, 0.15) is 45.1 Å². The second-order valence-electron chi connectivity index (χ2n) is 7.84. The molecular formula is C18H28N6O. The molecule has 3 fully saturated rings. The Balaban J connectivity index is 1.33. The van der Waals surface area contributed by atoms with E-state index in [0.717, 1.165) is 45.3 Å². The highest BCUT2D eigenvalue weighted by Gasteiger charge is 2.43. The summed E-state index contributed by atoms with van der Waals surface area (Å²) in [5, 5.41) is 14.5. The highest BCUT2D eigenvalue weighted by atomic mass is 16.2. The van der Waals surface area contributed by atoms with E-state index in [-0.39, 0.29) is 11.9 Å². The van der Waals surface area contributed by atoms with E-state index in [9.17, 15) is 4.79 Å². The smallest absolute Gasteiger partial charge is 0.321 e.